The average Bonchev–Trinajstić information content (AvgIpc) is 2.39. The summed E-state index contributed by atoms with van der Waals surface area (Å²) in [5.74, 6) is 1.44. The molecule has 0 aromatic heterocycles. The monoisotopic (exact) mass is 260 g/mol. The van der Waals surface area contributed by atoms with Crippen LogP contribution in [0.1, 0.15) is 11.6 Å². The van der Waals surface area contributed by atoms with E-state index in [4.69, 9.17) is 15.7 Å². The Hall–Kier alpha value is -2.02. The molecule has 0 saturated carbocycles. The molecule has 0 aliphatic rings. The Kier molecular flexibility index (Phi) is 5.19. The normalized spacial score (nSPS) is 10.9. The van der Waals surface area contributed by atoms with Crippen molar-refractivity contribution in [1.29, 1.82) is 5.26 Å². The molecule has 0 bridgehead atoms. The first-order valence-corrected chi connectivity index (χ1v) is 5.27. The van der Waals surface area contributed by atoms with Crippen LogP contribution in [0.25, 0.3) is 0 Å². The van der Waals surface area contributed by atoms with Gasteiger partial charge in [0.1, 0.15) is 17.5 Å². The van der Waals surface area contributed by atoms with Crippen molar-refractivity contribution in [3.63, 3.8) is 0 Å². The first-order valence-electron chi connectivity index (χ1n) is 5.27. The minimum atomic E-state index is -0.616. The van der Waals surface area contributed by atoms with Gasteiger partial charge in [0.15, 0.2) is 0 Å². The fraction of sp³-hybridized carbons (Fsp3) is 0.0714. The zero-order valence-corrected chi connectivity index (χ0v) is 10.4. The van der Waals surface area contributed by atoms with Gasteiger partial charge >= 0.3 is 0 Å². The lowest BCUT2D eigenvalue weighted by atomic mass is 10.1. The lowest BCUT2D eigenvalue weighted by Crippen LogP contribution is -2.06. The van der Waals surface area contributed by atoms with Gasteiger partial charge in [0.2, 0.25) is 0 Å². The highest BCUT2D eigenvalue weighted by Gasteiger charge is 2.05. The highest BCUT2D eigenvalue weighted by atomic mass is 35.5. The first-order chi connectivity index (χ1) is 8.29. The second-order valence-electron chi connectivity index (χ2n) is 3.59. The molecule has 0 amide bonds. The van der Waals surface area contributed by atoms with E-state index < -0.39 is 6.04 Å². The third-order valence-corrected chi connectivity index (χ3v) is 2.34. The zero-order valence-electron chi connectivity index (χ0n) is 9.61. The molecule has 18 heavy (non-hydrogen) atoms. The molecule has 0 radical (unpaired) electrons. The van der Waals surface area contributed by atoms with Gasteiger partial charge in [-0.25, -0.2) is 0 Å². The fourth-order valence-corrected chi connectivity index (χ4v) is 1.47. The number of nitrogens with two attached hydrogens (primary N) is 1. The van der Waals surface area contributed by atoms with Crippen molar-refractivity contribution in [3.8, 4) is 17.6 Å². The van der Waals surface area contributed by atoms with Crippen LogP contribution in [-0.2, 0) is 0 Å². The summed E-state index contributed by atoms with van der Waals surface area (Å²) in [5, 5.41) is 8.75. The smallest absolute Gasteiger partial charge is 0.127 e. The molecule has 0 saturated heterocycles. The van der Waals surface area contributed by atoms with E-state index >= 15 is 0 Å². The summed E-state index contributed by atoms with van der Waals surface area (Å²) in [7, 11) is 0. The second-order valence-corrected chi connectivity index (χ2v) is 3.59. The molecule has 4 heteroatoms. The summed E-state index contributed by atoms with van der Waals surface area (Å²) in [4.78, 5) is 0. The standard InChI is InChI=1S/C14H12N2O.ClH/c15-10-14(16)11-5-4-8-13(9-11)17-12-6-2-1-3-7-12;/h1-9,14H,16H2;1H/t14-;/m0./s1. The molecule has 1 atom stereocenters. The molecule has 2 N–H and O–H groups in total. The van der Waals surface area contributed by atoms with Crippen molar-refractivity contribution >= 4 is 12.4 Å². The topological polar surface area (TPSA) is 59.0 Å². The number of benzene rings is 2. The predicted molar refractivity (Wildman–Crippen MR) is 72.7 cm³/mol. The molecule has 0 spiro atoms. The van der Waals surface area contributed by atoms with Gasteiger partial charge < -0.3 is 10.5 Å². The second kappa shape index (κ2) is 6.65. The molecule has 2 aromatic rings. The Morgan fingerprint density at radius 2 is 1.67 bits per heavy atom. The molecular formula is C14H13ClN2O. The van der Waals surface area contributed by atoms with Gasteiger partial charge in [-0.1, -0.05) is 30.3 Å². The van der Waals surface area contributed by atoms with E-state index in [1.807, 2.05) is 54.6 Å². The van der Waals surface area contributed by atoms with Crippen molar-refractivity contribution in [1.82, 2.24) is 0 Å². The Bertz CT molecular complexity index is 537. The Morgan fingerprint density at radius 1 is 1.00 bits per heavy atom. The van der Waals surface area contributed by atoms with Crippen LogP contribution < -0.4 is 10.5 Å². The number of halogens is 1. The number of hydrogen-bond acceptors (Lipinski definition) is 3. The van der Waals surface area contributed by atoms with E-state index in [1.165, 1.54) is 0 Å². The summed E-state index contributed by atoms with van der Waals surface area (Å²) >= 11 is 0. The van der Waals surface area contributed by atoms with Crippen molar-refractivity contribution < 1.29 is 4.74 Å². The van der Waals surface area contributed by atoms with Gasteiger partial charge in [0.25, 0.3) is 0 Å². The van der Waals surface area contributed by atoms with Crippen LogP contribution >= 0.6 is 12.4 Å². The van der Waals surface area contributed by atoms with Crippen LogP contribution in [0.4, 0.5) is 0 Å². The maximum atomic E-state index is 8.75. The molecule has 0 unspecified atom stereocenters. The summed E-state index contributed by atoms with van der Waals surface area (Å²) < 4.78 is 5.65. The molecule has 2 rings (SSSR count). The lowest BCUT2D eigenvalue weighted by Gasteiger charge is -2.08. The molecule has 0 aliphatic heterocycles. The van der Waals surface area contributed by atoms with E-state index in [2.05, 4.69) is 0 Å². The molecule has 0 fully saturated rings. The van der Waals surface area contributed by atoms with Gasteiger partial charge in [-0.2, -0.15) is 5.26 Å². The van der Waals surface area contributed by atoms with Gasteiger partial charge in [-0.15, -0.1) is 12.4 Å². The van der Waals surface area contributed by atoms with Crippen LogP contribution in [-0.4, -0.2) is 0 Å². The Labute approximate surface area is 112 Å². The van der Waals surface area contributed by atoms with Crippen LogP contribution in [0.5, 0.6) is 11.5 Å². The molecule has 2 aromatic carbocycles. The Balaban J connectivity index is 0.00000162. The number of ether oxygens (including phenoxy) is 1. The molecule has 3 nitrogen and oxygen atoms in total. The average molecular weight is 261 g/mol. The quantitative estimate of drug-likeness (QED) is 0.920. The van der Waals surface area contributed by atoms with Crippen molar-refractivity contribution in [2.45, 2.75) is 6.04 Å². The highest BCUT2D eigenvalue weighted by molar-refractivity contribution is 5.85. The first kappa shape index (κ1) is 14.0. The number of para-hydroxylation sites is 1. The summed E-state index contributed by atoms with van der Waals surface area (Å²) in [6, 6.07) is 18.1. The lowest BCUT2D eigenvalue weighted by molar-refractivity contribution is 0.482. The van der Waals surface area contributed by atoms with Crippen molar-refractivity contribution in [2.75, 3.05) is 0 Å². The molecule has 0 aliphatic carbocycles. The third kappa shape index (κ3) is 3.49. The predicted octanol–water partition coefficient (Wildman–Crippen LogP) is 3.42. The summed E-state index contributed by atoms with van der Waals surface area (Å²) in [6.07, 6.45) is 0. The van der Waals surface area contributed by atoms with Gasteiger partial charge in [-0.3, -0.25) is 0 Å². The third-order valence-electron chi connectivity index (χ3n) is 2.34. The van der Waals surface area contributed by atoms with Crippen molar-refractivity contribution in [3.05, 3.63) is 60.2 Å². The van der Waals surface area contributed by atoms with E-state index in [0.29, 0.717) is 5.75 Å². The Morgan fingerprint density at radius 3 is 2.33 bits per heavy atom. The van der Waals surface area contributed by atoms with E-state index in [9.17, 15) is 0 Å². The van der Waals surface area contributed by atoms with E-state index in [-0.39, 0.29) is 12.4 Å². The fourth-order valence-electron chi connectivity index (χ4n) is 1.47. The minimum Gasteiger partial charge on any atom is -0.457 e. The maximum absolute atomic E-state index is 8.75. The summed E-state index contributed by atoms with van der Waals surface area (Å²) in [6.45, 7) is 0. The SMILES string of the molecule is Cl.N#C[C@H](N)c1cccc(Oc2ccccc2)c1. The van der Waals surface area contributed by atoms with E-state index in [0.717, 1.165) is 11.3 Å². The van der Waals surface area contributed by atoms with Crippen LogP contribution in [0, 0.1) is 11.3 Å². The van der Waals surface area contributed by atoms with Crippen molar-refractivity contribution in [2.24, 2.45) is 5.73 Å². The number of hydrogen-bond donors (Lipinski definition) is 1. The largest absolute Gasteiger partial charge is 0.457 e. The molecule has 0 heterocycles. The van der Waals surface area contributed by atoms with Crippen LogP contribution in [0.2, 0.25) is 0 Å². The molecule has 92 valence electrons. The number of nitrogens with zero attached hydrogens (tertiary/aromatic N) is 1. The minimum absolute atomic E-state index is 0. The van der Waals surface area contributed by atoms with Gasteiger partial charge in [-0.05, 0) is 29.8 Å². The molecular weight excluding hydrogens is 248 g/mol. The number of nitriles is 1. The zero-order chi connectivity index (χ0) is 12.1. The van der Waals surface area contributed by atoms with Gasteiger partial charge in [0.05, 0.1) is 6.07 Å². The number of rotatable bonds is 3. The highest BCUT2D eigenvalue weighted by Crippen LogP contribution is 2.23. The van der Waals surface area contributed by atoms with Crippen LogP contribution in [0.15, 0.2) is 54.6 Å². The van der Waals surface area contributed by atoms with E-state index in [1.54, 1.807) is 6.07 Å². The van der Waals surface area contributed by atoms with Gasteiger partial charge in [0, 0.05) is 0 Å². The maximum Gasteiger partial charge on any atom is 0.127 e. The summed E-state index contributed by atoms with van der Waals surface area (Å²) in [5.41, 5.74) is 6.39. The van der Waals surface area contributed by atoms with Crippen LogP contribution in [0.3, 0.4) is 0 Å².